The minimum atomic E-state index is -3.21. The molecule has 0 bridgehead atoms. The van der Waals surface area contributed by atoms with Gasteiger partial charge in [0.1, 0.15) is 0 Å². The zero-order valence-electron chi connectivity index (χ0n) is 28.6. The van der Waals surface area contributed by atoms with E-state index in [0.717, 1.165) is 38.5 Å². The summed E-state index contributed by atoms with van der Waals surface area (Å²) >= 11 is 0. The van der Waals surface area contributed by atoms with Crippen molar-refractivity contribution in [1.29, 1.82) is 0 Å². The second-order valence-corrected chi connectivity index (χ2v) is 18.8. The van der Waals surface area contributed by atoms with Crippen LogP contribution in [0, 0.1) is 56.7 Å². The first kappa shape index (κ1) is 33.7. The Balaban J connectivity index is 1.43. The van der Waals surface area contributed by atoms with Crippen LogP contribution >= 0.6 is 7.60 Å². The van der Waals surface area contributed by atoms with Crippen molar-refractivity contribution in [2.24, 2.45) is 56.7 Å². The Bertz CT molecular complexity index is 1130. The van der Waals surface area contributed by atoms with Crippen molar-refractivity contribution >= 4 is 13.5 Å². The van der Waals surface area contributed by atoms with E-state index < -0.39 is 13.0 Å². The minimum Gasteiger partial charge on any atom is -0.393 e. The van der Waals surface area contributed by atoms with Crippen molar-refractivity contribution in [3.8, 4) is 0 Å². The van der Waals surface area contributed by atoms with E-state index in [1.165, 1.54) is 31.3 Å². The number of rotatable bonds is 9. The molecule has 2 N–H and O–H groups in total. The van der Waals surface area contributed by atoms with Gasteiger partial charge in [-0.25, -0.2) is 0 Å². The van der Waals surface area contributed by atoms with Gasteiger partial charge in [-0.05, 0) is 136 Å². The summed E-state index contributed by atoms with van der Waals surface area (Å²) in [7, 11) is -3.21. The van der Waals surface area contributed by atoms with Gasteiger partial charge < -0.3 is 19.5 Å². The average Bonchev–Trinajstić information content (AvgIpc) is 3.33. The topological polar surface area (TPSA) is 84.9 Å². The van der Waals surface area contributed by atoms with Crippen molar-refractivity contribution in [2.45, 2.75) is 126 Å². The molecule has 5 aliphatic rings. The second kappa shape index (κ2) is 11.5. The number of amides is 1. The molecule has 5 rings (SSSR count). The molecule has 0 aromatic carbocycles. The fourth-order valence-corrected chi connectivity index (χ4v) is 14.1. The SMILES string of the molecule is C=C(C)[C@@H]1CC[C@]2(C(=O)NCCP(=O)(OCC)OCC)CC[C@]3(C)[C@H](CC[C@@H]4[C@@]5(C)CC[C@H](O)C(C)(C)[C@@H]5CC[C@]43C)[C@@H]12. The number of fused-ring (bicyclic) bond motifs is 7. The maximum absolute atomic E-state index is 14.3. The molecule has 0 unspecified atom stereocenters. The summed E-state index contributed by atoms with van der Waals surface area (Å²) in [5.74, 6) is 2.48. The summed E-state index contributed by atoms with van der Waals surface area (Å²) < 4.78 is 24.1. The zero-order chi connectivity index (χ0) is 31.6. The molecule has 0 spiro atoms. The third kappa shape index (κ3) is 4.97. The van der Waals surface area contributed by atoms with Crippen molar-refractivity contribution in [3.05, 3.63) is 12.2 Å². The van der Waals surface area contributed by atoms with Crippen LogP contribution in [0.5, 0.6) is 0 Å². The van der Waals surface area contributed by atoms with Gasteiger partial charge in [-0.3, -0.25) is 9.36 Å². The molecule has 0 aromatic rings. The molecule has 0 saturated heterocycles. The van der Waals surface area contributed by atoms with Gasteiger partial charge in [0.2, 0.25) is 5.91 Å². The standard InChI is InChI=1S/C36H62NO5P/c1-10-41-43(40,42-11-2)23-22-37-31(39)36-19-14-25(24(3)4)30(36)26-12-13-28-33(7)17-16-29(38)32(5,6)27(33)15-18-35(28,9)34(26,8)20-21-36/h25-30,38H,3,10-23H2,1-2,4-9H3,(H,37,39)/t25-,26+,27-,28+,29-,30+,33-,34+,35+,36-/m0/s1. The Morgan fingerprint density at radius 1 is 0.884 bits per heavy atom. The molecule has 7 heteroatoms. The highest BCUT2D eigenvalue weighted by Gasteiger charge is 2.71. The summed E-state index contributed by atoms with van der Waals surface area (Å²) in [4.78, 5) is 14.3. The number of hydrogen-bond donors (Lipinski definition) is 2. The summed E-state index contributed by atoms with van der Waals surface area (Å²) in [6.07, 6.45) is 10.8. The summed E-state index contributed by atoms with van der Waals surface area (Å²) in [6.45, 7) is 23.7. The third-order valence-electron chi connectivity index (χ3n) is 14.8. The van der Waals surface area contributed by atoms with Crippen LogP contribution in [-0.4, -0.2) is 43.0 Å². The van der Waals surface area contributed by atoms with E-state index in [2.05, 4.69) is 53.4 Å². The lowest BCUT2D eigenvalue weighted by molar-refractivity contribution is -0.246. The molecule has 0 radical (unpaired) electrons. The number of carbonyl (C=O) groups excluding carboxylic acids is 1. The smallest absolute Gasteiger partial charge is 0.332 e. The number of carbonyl (C=O) groups is 1. The normalized spacial score (nSPS) is 45.3. The first-order chi connectivity index (χ1) is 20.1. The largest absolute Gasteiger partial charge is 0.393 e. The van der Waals surface area contributed by atoms with Gasteiger partial charge in [-0.2, -0.15) is 0 Å². The van der Waals surface area contributed by atoms with E-state index >= 15 is 0 Å². The summed E-state index contributed by atoms with van der Waals surface area (Å²) in [5, 5.41) is 14.3. The molecule has 43 heavy (non-hydrogen) atoms. The summed E-state index contributed by atoms with van der Waals surface area (Å²) in [5.41, 5.74) is 1.41. The van der Waals surface area contributed by atoms with E-state index in [4.69, 9.17) is 9.05 Å². The fourth-order valence-electron chi connectivity index (χ4n) is 12.6. The van der Waals surface area contributed by atoms with Gasteiger partial charge in [0.15, 0.2) is 0 Å². The number of nitrogens with one attached hydrogen (secondary N) is 1. The zero-order valence-corrected chi connectivity index (χ0v) is 29.5. The molecule has 0 aromatic heterocycles. The first-order valence-electron chi connectivity index (χ1n) is 17.6. The van der Waals surface area contributed by atoms with Crippen LogP contribution < -0.4 is 5.32 Å². The van der Waals surface area contributed by atoms with Crippen molar-refractivity contribution < 1.29 is 23.5 Å². The van der Waals surface area contributed by atoms with Gasteiger partial charge >= 0.3 is 7.60 Å². The summed E-state index contributed by atoms with van der Waals surface area (Å²) in [6, 6.07) is 0. The lowest BCUT2D eigenvalue weighted by Crippen LogP contribution is -2.67. The van der Waals surface area contributed by atoms with Crippen LogP contribution in [0.1, 0.15) is 120 Å². The molecule has 0 aliphatic heterocycles. The lowest BCUT2D eigenvalue weighted by atomic mass is 9.32. The van der Waals surface area contributed by atoms with E-state index in [9.17, 15) is 14.5 Å². The highest BCUT2D eigenvalue weighted by molar-refractivity contribution is 7.53. The monoisotopic (exact) mass is 619 g/mol. The van der Waals surface area contributed by atoms with Crippen molar-refractivity contribution in [3.63, 3.8) is 0 Å². The van der Waals surface area contributed by atoms with Crippen LogP contribution in [0.15, 0.2) is 12.2 Å². The molecular weight excluding hydrogens is 557 g/mol. The van der Waals surface area contributed by atoms with Gasteiger partial charge in [-0.1, -0.05) is 46.8 Å². The van der Waals surface area contributed by atoms with E-state index in [0.29, 0.717) is 49.3 Å². The van der Waals surface area contributed by atoms with Crippen molar-refractivity contribution in [1.82, 2.24) is 5.32 Å². The maximum atomic E-state index is 14.3. The van der Waals surface area contributed by atoms with Gasteiger partial charge in [-0.15, -0.1) is 0 Å². The fraction of sp³-hybridized carbons (Fsp3) is 0.917. The maximum Gasteiger partial charge on any atom is 0.332 e. The van der Waals surface area contributed by atoms with Crippen LogP contribution in [0.4, 0.5) is 0 Å². The number of hydrogen-bond acceptors (Lipinski definition) is 5. The van der Waals surface area contributed by atoms with Gasteiger partial charge in [0, 0.05) is 6.54 Å². The average molecular weight is 620 g/mol. The number of aliphatic hydroxyl groups excluding tert-OH is 1. The van der Waals surface area contributed by atoms with E-state index in [1.54, 1.807) is 0 Å². The Morgan fingerprint density at radius 2 is 1.56 bits per heavy atom. The highest BCUT2D eigenvalue weighted by Crippen LogP contribution is 2.77. The number of aliphatic hydroxyl groups is 1. The van der Waals surface area contributed by atoms with Gasteiger partial charge in [0.05, 0.1) is 30.9 Å². The van der Waals surface area contributed by atoms with E-state index in [-0.39, 0.29) is 39.8 Å². The molecule has 6 nitrogen and oxygen atoms in total. The Labute approximate surface area is 262 Å². The predicted molar refractivity (Wildman–Crippen MR) is 174 cm³/mol. The third-order valence-corrected chi connectivity index (χ3v) is 16.9. The second-order valence-electron chi connectivity index (χ2n) is 16.6. The quantitative estimate of drug-likeness (QED) is 0.200. The molecule has 246 valence electrons. The van der Waals surface area contributed by atoms with Crippen LogP contribution in [0.25, 0.3) is 0 Å². The van der Waals surface area contributed by atoms with Crippen LogP contribution in [0.2, 0.25) is 0 Å². The minimum absolute atomic E-state index is 0.0449. The molecular formula is C36H62NO5P. The molecule has 5 fully saturated rings. The molecule has 0 heterocycles. The van der Waals surface area contributed by atoms with Gasteiger partial charge in [0.25, 0.3) is 0 Å². The van der Waals surface area contributed by atoms with Crippen LogP contribution in [-0.2, 0) is 18.4 Å². The predicted octanol–water partition coefficient (Wildman–Crippen LogP) is 8.39. The molecule has 5 aliphatic carbocycles. The molecule has 10 atom stereocenters. The molecule has 1 amide bonds. The molecule has 5 saturated carbocycles. The number of allylic oxidation sites excluding steroid dienone is 1. The van der Waals surface area contributed by atoms with Crippen molar-refractivity contribution in [2.75, 3.05) is 25.9 Å². The Hall–Kier alpha value is -0.680. The Kier molecular flexibility index (Phi) is 9.03. The highest BCUT2D eigenvalue weighted by atomic mass is 31.2. The van der Waals surface area contributed by atoms with E-state index in [1.807, 2.05) is 13.8 Å². The van der Waals surface area contributed by atoms with Crippen LogP contribution in [0.3, 0.4) is 0 Å². The lowest BCUT2D eigenvalue weighted by Gasteiger charge is -2.72. The first-order valence-corrected chi connectivity index (χ1v) is 19.3. The Morgan fingerprint density at radius 3 is 2.19 bits per heavy atom.